The van der Waals surface area contributed by atoms with Crippen molar-refractivity contribution in [1.29, 1.82) is 0 Å². The summed E-state index contributed by atoms with van der Waals surface area (Å²) in [6.07, 6.45) is 0.318. The molecule has 0 saturated heterocycles. The highest BCUT2D eigenvalue weighted by molar-refractivity contribution is 5.94. The van der Waals surface area contributed by atoms with E-state index in [0.717, 1.165) is 0 Å². The second-order valence-corrected chi connectivity index (χ2v) is 6.06. The summed E-state index contributed by atoms with van der Waals surface area (Å²) < 4.78 is 36.7. The van der Waals surface area contributed by atoms with E-state index < -0.39 is 5.82 Å². The third-order valence-electron chi connectivity index (χ3n) is 4.09. The zero-order valence-electron chi connectivity index (χ0n) is 15.3. The lowest BCUT2D eigenvalue weighted by molar-refractivity contribution is 0.0693. The molecule has 2 aromatic carbocycles. The molecule has 3 aromatic rings. The van der Waals surface area contributed by atoms with Crippen molar-refractivity contribution in [1.82, 2.24) is 15.0 Å². The maximum Gasteiger partial charge on any atom is 0.254 e. The van der Waals surface area contributed by atoms with Crippen LogP contribution in [-0.4, -0.2) is 47.8 Å². The number of methoxy groups -OCH3 is 1. The van der Waals surface area contributed by atoms with E-state index in [-0.39, 0.29) is 17.3 Å². The van der Waals surface area contributed by atoms with Crippen LogP contribution in [0.4, 0.5) is 8.78 Å². The van der Waals surface area contributed by atoms with Gasteiger partial charge in [0.05, 0.1) is 6.61 Å². The van der Waals surface area contributed by atoms with Crippen LogP contribution < -0.4 is 0 Å². The molecule has 0 fully saturated rings. The molecule has 0 atom stereocenters. The van der Waals surface area contributed by atoms with E-state index in [1.807, 2.05) is 0 Å². The van der Waals surface area contributed by atoms with Gasteiger partial charge in [0, 0.05) is 37.7 Å². The highest BCUT2D eigenvalue weighted by atomic mass is 19.1. The fourth-order valence-electron chi connectivity index (χ4n) is 2.62. The molecule has 8 heteroatoms. The molecule has 6 nitrogen and oxygen atoms in total. The van der Waals surface area contributed by atoms with Gasteiger partial charge in [-0.05, 0) is 42.5 Å². The average molecular weight is 387 g/mol. The van der Waals surface area contributed by atoms with E-state index >= 15 is 0 Å². The average Bonchev–Trinajstić information content (AvgIpc) is 3.17. The summed E-state index contributed by atoms with van der Waals surface area (Å²) in [5, 5.41) is 3.88. The lowest BCUT2D eigenvalue weighted by Crippen LogP contribution is -2.35. The number of hydrogen-bond donors (Lipinski definition) is 0. The van der Waals surface area contributed by atoms with E-state index in [1.165, 1.54) is 37.4 Å². The number of halogens is 2. The number of nitrogens with zero attached hydrogens (tertiary/aromatic N) is 3. The van der Waals surface area contributed by atoms with Gasteiger partial charge >= 0.3 is 0 Å². The summed E-state index contributed by atoms with van der Waals surface area (Å²) in [6.45, 7) is 0.972. The summed E-state index contributed by atoms with van der Waals surface area (Å²) in [6, 6.07) is 11.3. The van der Waals surface area contributed by atoms with Crippen LogP contribution in [-0.2, 0) is 11.2 Å². The fraction of sp³-hybridized carbons (Fsp3) is 0.250. The maximum atomic E-state index is 13.4. The Morgan fingerprint density at radius 1 is 1.11 bits per heavy atom. The van der Waals surface area contributed by atoms with Crippen LogP contribution >= 0.6 is 0 Å². The third kappa shape index (κ3) is 4.98. The SMILES string of the molecule is COCCN(CCc1nc(-c2ccc(F)cc2)no1)C(=O)c1cccc(F)c1. The van der Waals surface area contributed by atoms with Crippen LogP contribution in [0.15, 0.2) is 53.1 Å². The minimum atomic E-state index is -0.474. The Morgan fingerprint density at radius 3 is 2.61 bits per heavy atom. The van der Waals surface area contributed by atoms with Gasteiger partial charge in [0.25, 0.3) is 5.91 Å². The Bertz CT molecular complexity index is 928. The van der Waals surface area contributed by atoms with Crippen molar-refractivity contribution < 1.29 is 22.8 Å². The minimum Gasteiger partial charge on any atom is -0.383 e. The van der Waals surface area contributed by atoms with E-state index in [4.69, 9.17) is 9.26 Å². The van der Waals surface area contributed by atoms with Gasteiger partial charge in [-0.3, -0.25) is 4.79 Å². The van der Waals surface area contributed by atoms with Crippen molar-refractivity contribution in [2.75, 3.05) is 26.8 Å². The zero-order chi connectivity index (χ0) is 19.9. The molecule has 0 aliphatic rings. The van der Waals surface area contributed by atoms with Crippen LogP contribution in [0.2, 0.25) is 0 Å². The highest BCUT2D eigenvalue weighted by Gasteiger charge is 2.18. The van der Waals surface area contributed by atoms with E-state index in [9.17, 15) is 13.6 Å². The summed E-state index contributed by atoms with van der Waals surface area (Å²) in [5.41, 5.74) is 0.886. The van der Waals surface area contributed by atoms with Crippen LogP contribution in [0.3, 0.4) is 0 Å². The Kier molecular flexibility index (Phi) is 6.44. The molecule has 0 spiro atoms. The smallest absolute Gasteiger partial charge is 0.254 e. The topological polar surface area (TPSA) is 68.5 Å². The molecular weight excluding hydrogens is 368 g/mol. The molecule has 28 heavy (non-hydrogen) atoms. The molecule has 1 heterocycles. The van der Waals surface area contributed by atoms with Gasteiger partial charge in [-0.2, -0.15) is 4.98 Å². The van der Waals surface area contributed by atoms with Crippen LogP contribution in [0.5, 0.6) is 0 Å². The molecule has 146 valence electrons. The Labute approximate surface area is 160 Å². The van der Waals surface area contributed by atoms with Crippen LogP contribution in [0, 0.1) is 11.6 Å². The summed E-state index contributed by atoms with van der Waals surface area (Å²) >= 11 is 0. The first-order valence-electron chi connectivity index (χ1n) is 8.69. The highest BCUT2D eigenvalue weighted by Crippen LogP contribution is 2.16. The molecule has 0 radical (unpaired) electrons. The van der Waals surface area contributed by atoms with Crippen LogP contribution in [0.1, 0.15) is 16.2 Å². The second-order valence-electron chi connectivity index (χ2n) is 6.06. The first-order valence-corrected chi connectivity index (χ1v) is 8.69. The molecule has 0 saturated carbocycles. The van der Waals surface area contributed by atoms with Crippen LogP contribution in [0.25, 0.3) is 11.4 Å². The van der Waals surface area contributed by atoms with Crippen molar-refractivity contribution in [2.24, 2.45) is 0 Å². The number of benzene rings is 2. The fourth-order valence-corrected chi connectivity index (χ4v) is 2.62. The van der Waals surface area contributed by atoms with Gasteiger partial charge in [-0.1, -0.05) is 11.2 Å². The molecule has 1 aromatic heterocycles. The maximum absolute atomic E-state index is 13.4. The van der Waals surface area contributed by atoms with Gasteiger partial charge in [0.15, 0.2) is 0 Å². The molecule has 0 aliphatic carbocycles. The predicted octanol–water partition coefficient (Wildman–Crippen LogP) is 3.35. The number of aromatic nitrogens is 2. The standard InChI is InChI=1S/C20H19F2N3O3/c1-27-12-11-25(20(26)15-3-2-4-17(22)13-15)10-9-18-23-19(24-28-18)14-5-7-16(21)8-6-14/h2-8,13H,9-12H2,1H3. The first kappa shape index (κ1) is 19.6. The number of hydrogen-bond acceptors (Lipinski definition) is 5. The Hall–Kier alpha value is -3.13. The Balaban J connectivity index is 1.68. The number of ether oxygens (including phenoxy) is 1. The van der Waals surface area contributed by atoms with Crippen molar-refractivity contribution in [3.8, 4) is 11.4 Å². The predicted molar refractivity (Wildman–Crippen MR) is 97.6 cm³/mol. The number of amides is 1. The molecule has 0 N–H and O–H groups in total. The number of carbonyl (C=O) groups is 1. The van der Waals surface area contributed by atoms with Crippen molar-refractivity contribution in [3.05, 3.63) is 71.6 Å². The van der Waals surface area contributed by atoms with Crippen molar-refractivity contribution in [3.63, 3.8) is 0 Å². The largest absolute Gasteiger partial charge is 0.383 e. The first-order chi connectivity index (χ1) is 13.6. The molecule has 0 unspecified atom stereocenters. The van der Waals surface area contributed by atoms with E-state index in [1.54, 1.807) is 23.1 Å². The minimum absolute atomic E-state index is 0.258. The number of rotatable bonds is 8. The molecule has 1 amide bonds. The summed E-state index contributed by atoms with van der Waals surface area (Å²) in [5.74, 6) is -0.450. The van der Waals surface area contributed by atoms with E-state index in [0.29, 0.717) is 43.4 Å². The second kappa shape index (κ2) is 9.18. The monoisotopic (exact) mass is 387 g/mol. The third-order valence-corrected chi connectivity index (χ3v) is 4.09. The summed E-state index contributed by atoms with van der Waals surface area (Å²) in [4.78, 5) is 18.5. The zero-order valence-corrected chi connectivity index (χ0v) is 15.3. The molecule has 3 rings (SSSR count). The van der Waals surface area contributed by atoms with Gasteiger partial charge in [0.2, 0.25) is 11.7 Å². The number of carbonyl (C=O) groups excluding carboxylic acids is 1. The van der Waals surface area contributed by atoms with E-state index in [2.05, 4.69) is 10.1 Å². The molecule has 0 bridgehead atoms. The van der Waals surface area contributed by atoms with Crippen molar-refractivity contribution in [2.45, 2.75) is 6.42 Å². The van der Waals surface area contributed by atoms with Gasteiger partial charge in [-0.15, -0.1) is 0 Å². The molecular formula is C20H19F2N3O3. The van der Waals surface area contributed by atoms with Gasteiger partial charge in [-0.25, -0.2) is 8.78 Å². The van der Waals surface area contributed by atoms with Gasteiger partial charge in [0.1, 0.15) is 11.6 Å². The Morgan fingerprint density at radius 2 is 1.89 bits per heavy atom. The lowest BCUT2D eigenvalue weighted by atomic mass is 10.2. The van der Waals surface area contributed by atoms with Crippen molar-refractivity contribution >= 4 is 5.91 Å². The summed E-state index contributed by atoms with van der Waals surface area (Å²) in [7, 11) is 1.54. The lowest BCUT2D eigenvalue weighted by Gasteiger charge is -2.21. The molecule has 0 aliphatic heterocycles. The van der Waals surface area contributed by atoms with Gasteiger partial charge < -0.3 is 14.2 Å². The quantitative estimate of drug-likeness (QED) is 0.593. The normalized spacial score (nSPS) is 10.8.